The van der Waals surface area contributed by atoms with E-state index in [1.807, 2.05) is 11.8 Å². The standard InChI is InChI=1S/C17H19F3N4O2/c1-2-12-7-3-4-9-23(12)15-14(16(25)26)21-24(22-15)13-8-5-6-11(10-13)17(18,19)20/h5-6,8,10,12H,2-4,7,9H2,1H3,(H,25,26)/t12-/m0/s1. The summed E-state index contributed by atoms with van der Waals surface area (Å²) in [5.41, 5.74) is -1.02. The van der Waals surface area contributed by atoms with Gasteiger partial charge >= 0.3 is 12.1 Å². The summed E-state index contributed by atoms with van der Waals surface area (Å²) in [6.07, 6.45) is -0.783. The molecular weight excluding hydrogens is 349 g/mol. The molecule has 0 aliphatic carbocycles. The van der Waals surface area contributed by atoms with Crippen LogP contribution in [0, 0.1) is 0 Å². The number of aromatic nitrogens is 3. The smallest absolute Gasteiger partial charge is 0.416 e. The SMILES string of the molecule is CC[C@H]1CCCCN1c1nn(-c2cccc(C(F)(F)F)c2)nc1C(=O)O. The highest BCUT2D eigenvalue weighted by Gasteiger charge is 2.32. The van der Waals surface area contributed by atoms with Gasteiger partial charge in [0, 0.05) is 12.6 Å². The van der Waals surface area contributed by atoms with Crippen molar-refractivity contribution in [3.05, 3.63) is 35.5 Å². The molecule has 0 spiro atoms. The van der Waals surface area contributed by atoms with Crippen molar-refractivity contribution in [2.75, 3.05) is 11.4 Å². The molecule has 2 heterocycles. The van der Waals surface area contributed by atoms with Crippen LogP contribution in [0.2, 0.25) is 0 Å². The van der Waals surface area contributed by atoms with Gasteiger partial charge in [-0.3, -0.25) is 0 Å². The van der Waals surface area contributed by atoms with Gasteiger partial charge in [-0.15, -0.1) is 15.0 Å². The van der Waals surface area contributed by atoms with E-state index in [1.165, 1.54) is 12.1 Å². The topological polar surface area (TPSA) is 71.2 Å². The zero-order valence-corrected chi connectivity index (χ0v) is 14.2. The summed E-state index contributed by atoms with van der Waals surface area (Å²) in [6, 6.07) is 4.66. The predicted molar refractivity (Wildman–Crippen MR) is 88.6 cm³/mol. The van der Waals surface area contributed by atoms with E-state index in [4.69, 9.17) is 0 Å². The van der Waals surface area contributed by atoms with Crippen LogP contribution in [0.5, 0.6) is 0 Å². The minimum Gasteiger partial charge on any atom is -0.476 e. The van der Waals surface area contributed by atoms with Crippen LogP contribution in [-0.4, -0.2) is 38.7 Å². The second-order valence-corrected chi connectivity index (χ2v) is 6.27. The first-order valence-corrected chi connectivity index (χ1v) is 8.46. The largest absolute Gasteiger partial charge is 0.476 e. The van der Waals surface area contributed by atoms with Gasteiger partial charge in [-0.05, 0) is 43.9 Å². The number of carboxylic acids is 1. The number of benzene rings is 1. The van der Waals surface area contributed by atoms with Crippen molar-refractivity contribution in [1.29, 1.82) is 0 Å². The molecule has 6 nitrogen and oxygen atoms in total. The highest BCUT2D eigenvalue weighted by molar-refractivity contribution is 5.91. The number of piperidine rings is 1. The Balaban J connectivity index is 2.04. The first kappa shape index (κ1) is 18.2. The van der Waals surface area contributed by atoms with Crippen molar-refractivity contribution in [2.24, 2.45) is 0 Å². The summed E-state index contributed by atoms with van der Waals surface area (Å²) in [4.78, 5) is 14.5. The third-order valence-electron chi connectivity index (χ3n) is 4.57. The van der Waals surface area contributed by atoms with Crippen LogP contribution in [0.4, 0.5) is 19.0 Å². The van der Waals surface area contributed by atoms with Gasteiger partial charge < -0.3 is 10.0 Å². The Bertz CT molecular complexity index is 804. The van der Waals surface area contributed by atoms with Gasteiger partial charge in [0.15, 0.2) is 5.82 Å². The molecule has 9 heteroatoms. The van der Waals surface area contributed by atoms with Crippen molar-refractivity contribution in [1.82, 2.24) is 15.0 Å². The molecule has 1 aliphatic rings. The van der Waals surface area contributed by atoms with Crippen LogP contribution >= 0.6 is 0 Å². The maximum Gasteiger partial charge on any atom is 0.416 e. The van der Waals surface area contributed by atoms with Crippen molar-refractivity contribution in [3.63, 3.8) is 0 Å². The van der Waals surface area contributed by atoms with E-state index in [-0.39, 0.29) is 23.2 Å². The number of carboxylic acid groups (broad SMARTS) is 1. The fourth-order valence-electron chi connectivity index (χ4n) is 3.26. The quantitative estimate of drug-likeness (QED) is 0.890. The van der Waals surface area contributed by atoms with Gasteiger partial charge in [-0.25, -0.2) is 4.79 Å². The van der Waals surface area contributed by atoms with Crippen LogP contribution in [-0.2, 0) is 6.18 Å². The normalized spacial score (nSPS) is 18.2. The highest BCUT2D eigenvalue weighted by Crippen LogP contribution is 2.31. The van der Waals surface area contributed by atoms with Crippen molar-refractivity contribution < 1.29 is 23.1 Å². The average molecular weight is 368 g/mol. The minimum atomic E-state index is -4.50. The Morgan fingerprint density at radius 1 is 1.31 bits per heavy atom. The van der Waals surface area contributed by atoms with E-state index < -0.39 is 17.7 Å². The van der Waals surface area contributed by atoms with E-state index in [9.17, 15) is 23.1 Å². The Morgan fingerprint density at radius 3 is 2.73 bits per heavy atom. The third-order valence-corrected chi connectivity index (χ3v) is 4.57. The summed E-state index contributed by atoms with van der Waals surface area (Å²) < 4.78 is 38.8. The fourth-order valence-corrected chi connectivity index (χ4v) is 3.26. The summed E-state index contributed by atoms with van der Waals surface area (Å²) >= 11 is 0. The van der Waals surface area contributed by atoms with Crippen molar-refractivity contribution >= 4 is 11.8 Å². The van der Waals surface area contributed by atoms with Gasteiger partial charge in [-0.2, -0.15) is 13.2 Å². The maximum atomic E-state index is 12.9. The Morgan fingerprint density at radius 2 is 2.08 bits per heavy atom. The van der Waals surface area contributed by atoms with Gasteiger partial charge in [0.1, 0.15) is 0 Å². The molecule has 0 radical (unpaired) electrons. The number of alkyl halides is 3. The molecule has 1 atom stereocenters. The molecule has 1 aromatic heterocycles. The van der Waals surface area contributed by atoms with Crippen molar-refractivity contribution in [3.8, 4) is 5.69 Å². The lowest BCUT2D eigenvalue weighted by atomic mass is 10.00. The van der Waals surface area contributed by atoms with Crippen LogP contribution in [0.3, 0.4) is 0 Å². The van der Waals surface area contributed by atoms with Crippen LogP contribution < -0.4 is 4.90 Å². The van der Waals surface area contributed by atoms with Gasteiger partial charge in [0.25, 0.3) is 0 Å². The van der Waals surface area contributed by atoms with Crippen LogP contribution in [0.15, 0.2) is 24.3 Å². The first-order valence-electron chi connectivity index (χ1n) is 8.46. The lowest BCUT2D eigenvalue weighted by Crippen LogP contribution is -2.40. The van der Waals surface area contributed by atoms with Crippen molar-refractivity contribution in [2.45, 2.75) is 44.8 Å². The van der Waals surface area contributed by atoms with E-state index in [0.29, 0.717) is 6.54 Å². The highest BCUT2D eigenvalue weighted by atomic mass is 19.4. The molecule has 2 aromatic rings. The van der Waals surface area contributed by atoms with Gasteiger partial charge in [0.2, 0.25) is 5.69 Å². The first-order chi connectivity index (χ1) is 12.3. The molecule has 0 unspecified atom stereocenters. The molecule has 140 valence electrons. The fraction of sp³-hybridized carbons (Fsp3) is 0.471. The zero-order chi connectivity index (χ0) is 18.9. The average Bonchev–Trinajstić information content (AvgIpc) is 3.06. The van der Waals surface area contributed by atoms with E-state index >= 15 is 0 Å². The van der Waals surface area contributed by atoms with E-state index in [1.54, 1.807) is 0 Å². The van der Waals surface area contributed by atoms with E-state index in [2.05, 4.69) is 10.2 Å². The molecule has 3 rings (SSSR count). The number of aromatic carboxylic acids is 1. The number of halogens is 3. The molecule has 26 heavy (non-hydrogen) atoms. The second kappa shape index (κ2) is 6.97. The summed E-state index contributed by atoms with van der Waals surface area (Å²) in [5, 5.41) is 17.7. The second-order valence-electron chi connectivity index (χ2n) is 6.27. The molecule has 0 saturated carbocycles. The number of hydrogen-bond donors (Lipinski definition) is 1. The Hall–Kier alpha value is -2.58. The van der Waals surface area contributed by atoms with Crippen LogP contribution in [0.25, 0.3) is 5.69 Å². The Kier molecular flexibility index (Phi) is 4.88. The molecule has 1 saturated heterocycles. The summed E-state index contributed by atoms with van der Waals surface area (Å²) in [6.45, 7) is 2.67. The monoisotopic (exact) mass is 368 g/mol. The molecule has 0 amide bonds. The third kappa shape index (κ3) is 3.51. The molecular formula is C17H19F3N4O2. The number of carbonyl (C=O) groups is 1. The molecule has 1 aliphatic heterocycles. The zero-order valence-electron chi connectivity index (χ0n) is 14.2. The van der Waals surface area contributed by atoms with Gasteiger partial charge in [0.05, 0.1) is 11.3 Å². The molecule has 0 bridgehead atoms. The number of rotatable bonds is 4. The number of nitrogens with zero attached hydrogens (tertiary/aromatic N) is 4. The molecule has 1 aromatic carbocycles. The predicted octanol–water partition coefficient (Wildman–Crippen LogP) is 3.75. The maximum absolute atomic E-state index is 12.9. The summed E-state index contributed by atoms with van der Waals surface area (Å²) in [5.74, 6) is -1.04. The summed E-state index contributed by atoms with van der Waals surface area (Å²) in [7, 11) is 0. The van der Waals surface area contributed by atoms with Gasteiger partial charge in [-0.1, -0.05) is 13.0 Å². The minimum absolute atomic E-state index is 0.0682. The number of anilines is 1. The van der Waals surface area contributed by atoms with Crippen LogP contribution in [0.1, 0.15) is 48.7 Å². The van der Waals surface area contributed by atoms with E-state index in [0.717, 1.165) is 42.6 Å². The molecule has 1 fully saturated rings. The lowest BCUT2D eigenvalue weighted by molar-refractivity contribution is -0.137. The Labute approximate surface area is 148 Å². The lowest BCUT2D eigenvalue weighted by Gasteiger charge is -2.35. The molecule has 1 N–H and O–H groups in total. The number of hydrogen-bond acceptors (Lipinski definition) is 4.